The van der Waals surface area contributed by atoms with Crippen molar-refractivity contribution in [3.05, 3.63) is 30.9 Å². The van der Waals surface area contributed by atoms with Crippen molar-refractivity contribution >= 4 is 12.6 Å². The first-order chi connectivity index (χ1) is 11.2. The van der Waals surface area contributed by atoms with Crippen molar-refractivity contribution in [2.75, 3.05) is 0 Å². The van der Waals surface area contributed by atoms with E-state index in [2.05, 4.69) is 9.97 Å². The van der Waals surface area contributed by atoms with Crippen LogP contribution in [0, 0.1) is 0 Å². The average molecular weight is 329 g/mol. The summed E-state index contributed by atoms with van der Waals surface area (Å²) in [5, 5.41) is 0. The molecule has 3 rings (SSSR count). The molecule has 0 aliphatic carbocycles. The highest BCUT2D eigenvalue weighted by atomic mass is 16.7. The standard InChI is InChI=1S/C17H24BN3O3/c1-12(2)22-15-13(18-23-16(3,4)17(5,6)24-18)14(19-11-20-15)21-9-7-8-10-21/h7-12H,1-6H3. The molecule has 0 spiro atoms. The SMILES string of the molecule is CC(C)Oc1ncnc(-n2cccc2)c1B1OC(C)(C)C(C)(C)O1. The lowest BCUT2D eigenvalue weighted by molar-refractivity contribution is 0.00578. The van der Waals surface area contributed by atoms with Crippen LogP contribution in [-0.2, 0) is 9.31 Å². The molecule has 0 N–H and O–H groups in total. The molecule has 1 saturated heterocycles. The van der Waals surface area contributed by atoms with E-state index in [-0.39, 0.29) is 6.10 Å². The Balaban J connectivity index is 2.11. The van der Waals surface area contributed by atoms with E-state index in [0.29, 0.717) is 17.2 Å². The maximum absolute atomic E-state index is 6.22. The summed E-state index contributed by atoms with van der Waals surface area (Å²) in [5.74, 6) is 1.19. The highest BCUT2D eigenvalue weighted by Crippen LogP contribution is 2.37. The minimum atomic E-state index is -0.595. The third-order valence-electron chi connectivity index (χ3n) is 4.51. The van der Waals surface area contributed by atoms with Crippen LogP contribution in [0.1, 0.15) is 41.5 Å². The molecule has 6 nitrogen and oxygen atoms in total. The van der Waals surface area contributed by atoms with Gasteiger partial charge in [0.05, 0.1) is 22.8 Å². The lowest BCUT2D eigenvalue weighted by Crippen LogP contribution is -2.41. The number of nitrogens with zero attached hydrogens (tertiary/aromatic N) is 3. The van der Waals surface area contributed by atoms with Gasteiger partial charge in [0.2, 0.25) is 5.88 Å². The van der Waals surface area contributed by atoms with Crippen LogP contribution in [0.15, 0.2) is 30.9 Å². The molecule has 2 aromatic rings. The molecule has 2 aromatic heterocycles. The Bertz CT molecular complexity index is 698. The summed E-state index contributed by atoms with van der Waals surface area (Å²) in [6, 6.07) is 3.89. The van der Waals surface area contributed by atoms with Crippen molar-refractivity contribution in [2.45, 2.75) is 58.8 Å². The molecular weight excluding hydrogens is 305 g/mol. The molecule has 0 unspecified atom stereocenters. The number of aromatic nitrogens is 3. The first kappa shape index (κ1) is 17.0. The quantitative estimate of drug-likeness (QED) is 0.806. The predicted molar refractivity (Wildman–Crippen MR) is 92.8 cm³/mol. The Morgan fingerprint density at radius 3 is 2.17 bits per heavy atom. The fourth-order valence-electron chi connectivity index (χ4n) is 2.54. The van der Waals surface area contributed by atoms with Gasteiger partial charge in [0.1, 0.15) is 12.1 Å². The maximum Gasteiger partial charge on any atom is 0.504 e. The number of ether oxygens (including phenoxy) is 1. The summed E-state index contributed by atoms with van der Waals surface area (Å²) in [6.45, 7) is 12.0. The fourth-order valence-corrected chi connectivity index (χ4v) is 2.54. The average Bonchev–Trinajstić information content (AvgIpc) is 3.05. The summed E-state index contributed by atoms with van der Waals surface area (Å²) < 4.78 is 20.3. The van der Waals surface area contributed by atoms with Gasteiger partial charge in [0, 0.05) is 12.4 Å². The van der Waals surface area contributed by atoms with Gasteiger partial charge in [0.15, 0.2) is 0 Å². The van der Waals surface area contributed by atoms with Crippen molar-refractivity contribution in [2.24, 2.45) is 0 Å². The van der Waals surface area contributed by atoms with Crippen LogP contribution >= 0.6 is 0 Å². The zero-order chi connectivity index (χ0) is 17.5. The van der Waals surface area contributed by atoms with Gasteiger partial charge in [-0.3, -0.25) is 0 Å². The largest absolute Gasteiger partial charge is 0.504 e. The van der Waals surface area contributed by atoms with Gasteiger partial charge in [-0.25, -0.2) is 9.97 Å². The Labute approximate surface area is 143 Å². The molecule has 0 saturated carbocycles. The Morgan fingerprint density at radius 2 is 1.62 bits per heavy atom. The Morgan fingerprint density at radius 1 is 1.04 bits per heavy atom. The van der Waals surface area contributed by atoms with E-state index >= 15 is 0 Å². The topological polar surface area (TPSA) is 58.4 Å². The first-order valence-electron chi connectivity index (χ1n) is 8.22. The van der Waals surface area contributed by atoms with Crippen molar-refractivity contribution < 1.29 is 14.0 Å². The molecule has 0 aromatic carbocycles. The van der Waals surface area contributed by atoms with Gasteiger partial charge in [-0.05, 0) is 53.7 Å². The number of hydrogen-bond donors (Lipinski definition) is 0. The van der Waals surface area contributed by atoms with Gasteiger partial charge in [-0.15, -0.1) is 0 Å². The third kappa shape index (κ3) is 2.94. The van der Waals surface area contributed by atoms with Crippen LogP contribution in [0.2, 0.25) is 0 Å². The lowest BCUT2D eigenvalue weighted by atomic mass is 9.79. The molecule has 0 atom stereocenters. The van der Waals surface area contributed by atoms with Crippen LogP contribution in [0.5, 0.6) is 5.88 Å². The number of rotatable bonds is 4. The lowest BCUT2D eigenvalue weighted by Gasteiger charge is -2.32. The molecule has 1 fully saturated rings. The summed E-state index contributed by atoms with van der Waals surface area (Å²) in [7, 11) is -0.595. The molecule has 0 amide bonds. The van der Waals surface area contributed by atoms with Gasteiger partial charge < -0.3 is 18.6 Å². The van der Waals surface area contributed by atoms with E-state index in [1.807, 2.05) is 70.6 Å². The second-order valence-corrected chi connectivity index (χ2v) is 7.26. The molecule has 0 radical (unpaired) electrons. The van der Waals surface area contributed by atoms with Crippen LogP contribution in [-0.4, -0.2) is 39.0 Å². The van der Waals surface area contributed by atoms with Crippen molar-refractivity contribution in [1.82, 2.24) is 14.5 Å². The highest BCUT2D eigenvalue weighted by molar-refractivity contribution is 6.64. The van der Waals surface area contributed by atoms with E-state index in [0.717, 1.165) is 0 Å². The van der Waals surface area contributed by atoms with Crippen LogP contribution in [0.4, 0.5) is 0 Å². The van der Waals surface area contributed by atoms with Crippen molar-refractivity contribution in [1.29, 1.82) is 0 Å². The van der Waals surface area contributed by atoms with E-state index in [4.69, 9.17) is 14.0 Å². The van der Waals surface area contributed by atoms with Crippen LogP contribution < -0.4 is 10.2 Å². The summed E-state index contributed by atoms with van der Waals surface area (Å²) in [4.78, 5) is 8.76. The first-order valence-corrected chi connectivity index (χ1v) is 8.22. The van der Waals surface area contributed by atoms with E-state index in [1.165, 1.54) is 6.33 Å². The van der Waals surface area contributed by atoms with Crippen molar-refractivity contribution in [3.63, 3.8) is 0 Å². The highest BCUT2D eigenvalue weighted by Gasteiger charge is 2.53. The normalized spacial score (nSPS) is 19.0. The molecular formula is C17H24BN3O3. The van der Waals surface area contributed by atoms with E-state index in [9.17, 15) is 0 Å². The van der Waals surface area contributed by atoms with Crippen LogP contribution in [0.25, 0.3) is 5.82 Å². The van der Waals surface area contributed by atoms with E-state index in [1.54, 1.807) is 0 Å². The smallest absolute Gasteiger partial charge is 0.475 e. The summed E-state index contributed by atoms with van der Waals surface area (Å²) in [6.07, 6.45) is 5.34. The minimum Gasteiger partial charge on any atom is -0.475 e. The molecule has 1 aliphatic heterocycles. The van der Waals surface area contributed by atoms with Gasteiger partial charge in [-0.2, -0.15) is 0 Å². The molecule has 128 valence electrons. The summed E-state index contributed by atoms with van der Waals surface area (Å²) in [5.41, 5.74) is -0.186. The minimum absolute atomic E-state index is 0.0152. The molecule has 7 heteroatoms. The second kappa shape index (κ2) is 5.90. The zero-order valence-electron chi connectivity index (χ0n) is 15.1. The van der Waals surface area contributed by atoms with E-state index < -0.39 is 18.3 Å². The Kier molecular flexibility index (Phi) is 4.17. The van der Waals surface area contributed by atoms with Gasteiger partial charge >= 0.3 is 7.12 Å². The molecule has 1 aliphatic rings. The van der Waals surface area contributed by atoms with Crippen LogP contribution in [0.3, 0.4) is 0 Å². The van der Waals surface area contributed by atoms with Crippen molar-refractivity contribution in [3.8, 4) is 11.7 Å². The number of hydrogen-bond acceptors (Lipinski definition) is 5. The summed E-state index contributed by atoms with van der Waals surface area (Å²) >= 11 is 0. The third-order valence-corrected chi connectivity index (χ3v) is 4.51. The molecule has 0 bridgehead atoms. The van der Waals surface area contributed by atoms with Gasteiger partial charge in [-0.1, -0.05) is 0 Å². The molecule has 3 heterocycles. The van der Waals surface area contributed by atoms with Gasteiger partial charge in [0.25, 0.3) is 0 Å². The predicted octanol–water partition coefficient (Wildman–Crippen LogP) is 2.35. The Hall–Kier alpha value is -1.86. The fraction of sp³-hybridized carbons (Fsp3) is 0.529. The molecule has 24 heavy (non-hydrogen) atoms. The maximum atomic E-state index is 6.22. The second-order valence-electron chi connectivity index (χ2n) is 7.26. The monoisotopic (exact) mass is 329 g/mol. The zero-order valence-corrected chi connectivity index (χ0v) is 15.1.